The van der Waals surface area contributed by atoms with Gasteiger partial charge < -0.3 is 5.32 Å². The van der Waals surface area contributed by atoms with Crippen LogP contribution in [0.1, 0.15) is 31.2 Å². The fourth-order valence-corrected chi connectivity index (χ4v) is 2.22. The summed E-state index contributed by atoms with van der Waals surface area (Å²) in [6, 6.07) is 4.07. The highest BCUT2D eigenvalue weighted by Gasteiger charge is 2.11. The summed E-state index contributed by atoms with van der Waals surface area (Å²) in [6.45, 7) is 5.20. The Morgan fingerprint density at radius 2 is 2.18 bits per heavy atom. The number of aromatic nitrogens is 3. The van der Waals surface area contributed by atoms with Crippen molar-refractivity contribution in [2.45, 2.75) is 26.2 Å². The molecule has 0 fully saturated rings. The van der Waals surface area contributed by atoms with Crippen LogP contribution in [0.2, 0.25) is 0 Å². The summed E-state index contributed by atoms with van der Waals surface area (Å²) in [7, 11) is 1.94. The van der Waals surface area contributed by atoms with E-state index < -0.39 is 0 Å². The van der Waals surface area contributed by atoms with Gasteiger partial charge in [0.2, 0.25) is 0 Å². The van der Waals surface area contributed by atoms with E-state index in [0.29, 0.717) is 5.92 Å². The number of nitrogens with one attached hydrogen (secondary N) is 1. The second-order valence-electron chi connectivity index (χ2n) is 4.39. The van der Waals surface area contributed by atoms with Crippen LogP contribution < -0.4 is 5.32 Å². The van der Waals surface area contributed by atoms with Crippen LogP contribution in [-0.4, -0.2) is 28.2 Å². The third-order valence-corrected chi connectivity index (χ3v) is 3.51. The van der Waals surface area contributed by atoms with Gasteiger partial charge >= 0.3 is 0 Å². The molecule has 2 aromatic heterocycles. The predicted octanol–water partition coefficient (Wildman–Crippen LogP) is 2.38. The molecule has 0 unspecified atom stereocenters. The van der Waals surface area contributed by atoms with E-state index in [1.165, 1.54) is 0 Å². The van der Waals surface area contributed by atoms with Crippen LogP contribution in [0.3, 0.4) is 0 Å². The van der Waals surface area contributed by atoms with E-state index in [4.69, 9.17) is 0 Å². The van der Waals surface area contributed by atoms with Gasteiger partial charge in [0.05, 0.1) is 11.4 Å². The molecule has 0 aliphatic rings. The maximum atomic E-state index is 4.59. The largest absolute Gasteiger partial charge is 0.319 e. The first kappa shape index (κ1) is 12.5. The van der Waals surface area contributed by atoms with E-state index in [1.807, 2.05) is 23.7 Å². The summed E-state index contributed by atoms with van der Waals surface area (Å²) >= 11 is 3.58. The van der Waals surface area contributed by atoms with Crippen LogP contribution in [0.5, 0.6) is 0 Å². The quantitative estimate of drug-likeness (QED) is 0.942. The standard InChI is InChI=1S/C12H17BrN4/c1-8(2)9-4-5-11-15-10(6-7-14-3)12(13)17(11)16-9/h4-5,8,14H,6-7H2,1-3H3. The second-order valence-corrected chi connectivity index (χ2v) is 5.14. The molecule has 0 aliphatic heterocycles. The molecule has 92 valence electrons. The maximum absolute atomic E-state index is 4.59. The number of imidazole rings is 1. The molecule has 4 nitrogen and oxygen atoms in total. The van der Waals surface area contributed by atoms with Crippen molar-refractivity contribution in [3.63, 3.8) is 0 Å². The van der Waals surface area contributed by atoms with E-state index in [2.05, 4.69) is 45.2 Å². The highest BCUT2D eigenvalue weighted by atomic mass is 79.9. The predicted molar refractivity (Wildman–Crippen MR) is 72.4 cm³/mol. The molecule has 0 aromatic carbocycles. The van der Waals surface area contributed by atoms with E-state index >= 15 is 0 Å². The SMILES string of the molecule is CNCCc1nc2ccc(C(C)C)nn2c1Br. The summed E-state index contributed by atoms with van der Waals surface area (Å²) in [5.74, 6) is 0.425. The zero-order valence-corrected chi connectivity index (χ0v) is 12.0. The minimum absolute atomic E-state index is 0.425. The highest BCUT2D eigenvalue weighted by Crippen LogP contribution is 2.20. The lowest BCUT2D eigenvalue weighted by Gasteiger charge is -2.04. The Hall–Kier alpha value is -0.940. The fraction of sp³-hybridized carbons (Fsp3) is 0.500. The Balaban J connectivity index is 2.43. The topological polar surface area (TPSA) is 42.2 Å². The van der Waals surface area contributed by atoms with E-state index in [-0.39, 0.29) is 0 Å². The number of rotatable bonds is 4. The van der Waals surface area contributed by atoms with Gasteiger partial charge in [-0.1, -0.05) is 13.8 Å². The van der Waals surface area contributed by atoms with Crippen LogP contribution in [0.4, 0.5) is 0 Å². The molecule has 5 heteroatoms. The number of hydrogen-bond donors (Lipinski definition) is 1. The lowest BCUT2D eigenvalue weighted by molar-refractivity contribution is 0.751. The molecule has 0 saturated carbocycles. The first-order valence-electron chi connectivity index (χ1n) is 5.82. The van der Waals surface area contributed by atoms with Gasteiger partial charge in [-0.3, -0.25) is 0 Å². The Morgan fingerprint density at radius 3 is 2.82 bits per heavy atom. The first-order chi connectivity index (χ1) is 8.13. The van der Waals surface area contributed by atoms with Crippen LogP contribution in [-0.2, 0) is 6.42 Å². The molecule has 2 heterocycles. The van der Waals surface area contributed by atoms with Gasteiger partial charge in [0.25, 0.3) is 0 Å². The van der Waals surface area contributed by atoms with Gasteiger partial charge in [-0.25, -0.2) is 9.50 Å². The fourth-order valence-electron chi connectivity index (χ4n) is 1.68. The number of hydrogen-bond acceptors (Lipinski definition) is 3. The van der Waals surface area contributed by atoms with Crippen molar-refractivity contribution in [3.8, 4) is 0 Å². The van der Waals surface area contributed by atoms with Gasteiger partial charge in [0.15, 0.2) is 5.65 Å². The number of nitrogens with zero attached hydrogens (tertiary/aromatic N) is 3. The van der Waals surface area contributed by atoms with Crippen molar-refractivity contribution < 1.29 is 0 Å². The van der Waals surface area contributed by atoms with E-state index in [1.54, 1.807) is 0 Å². The summed E-state index contributed by atoms with van der Waals surface area (Å²) < 4.78 is 2.84. The van der Waals surface area contributed by atoms with Crippen molar-refractivity contribution in [1.82, 2.24) is 19.9 Å². The molecule has 0 aliphatic carbocycles. The number of halogens is 1. The van der Waals surface area contributed by atoms with Gasteiger partial charge in [-0.15, -0.1) is 0 Å². The minimum atomic E-state index is 0.425. The summed E-state index contributed by atoms with van der Waals surface area (Å²) in [6.07, 6.45) is 0.900. The Kier molecular flexibility index (Phi) is 3.79. The van der Waals surface area contributed by atoms with Crippen molar-refractivity contribution >= 4 is 21.6 Å². The third-order valence-electron chi connectivity index (χ3n) is 2.71. The minimum Gasteiger partial charge on any atom is -0.319 e. The average molecular weight is 297 g/mol. The van der Waals surface area contributed by atoms with Crippen molar-refractivity contribution in [2.24, 2.45) is 0 Å². The van der Waals surface area contributed by atoms with Crippen LogP contribution in [0.15, 0.2) is 16.7 Å². The van der Waals surface area contributed by atoms with Gasteiger partial charge in [-0.05, 0) is 41.0 Å². The molecule has 17 heavy (non-hydrogen) atoms. The molecule has 0 spiro atoms. The average Bonchev–Trinajstić information content (AvgIpc) is 2.63. The van der Waals surface area contributed by atoms with E-state index in [9.17, 15) is 0 Å². The van der Waals surface area contributed by atoms with Crippen LogP contribution in [0.25, 0.3) is 5.65 Å². The molecular weight excluding hydrogens is 280 g/mol. The molecule has 0 saturated heterocycles. The van der Waals surface area contributed by atoms with Crippen molar-refractivity contribution in [1.29, 1.82) is 0 Å². The zero-order chi connectivity index (χ0) is 12.4. The molecule has 0 radical (unpaired) electrons. The summed E-state index contributed by atoms with van der Waals surface area (Å²) in [5, 5.41) is 7.72. The van der Waals surface area contributed by atoms with Crippen LogP contribution in [0, 0.1) is 0 Å². The highest BCUT2D eigenvalue weighted by molar-refractivity contribution is 9.10. The number of fused-ring (bicyclic) bond motifs is 1. The molecule has 1 N–H and O–H groups in total. The van der Waals surface area contributed by atoms with Crippen molar-refractivity contribution in [3.05, 3.63) is 28.1 Å². The summed E-state index contributed by atoms with van der Waals surface area (Å²) in [4.78, 5) is 4.56. The summed E-state index contributed by atoms with van der Waals surface area (Å²) in [5.41, 5.74) is 3.02. The lowest BCUT2D eigenvalue weighted by Crippen LogP contribution is -2.10. The Bertz CT molecular complexity index is 518. The van der Waals surface area contributed by atoms with E-state index in [0.717, 1.165) is 34.6 Å². The maximum Gasteiger partial charge on any atom is 0.155 e. The molecule has 0 amide bonds. The Labute approximate surface area is 110 Å². The zero-order valence-electron chi connectivity index (χ0n) is 10.4. The lowest BCUT2D eigenvalue weighted by atomic mass is 10.1. The van der Waals surface area contributed by atoms with Crippen molar-refractivity contribution in [2.75, 3.05) is 13.6 Å². The first-order valence-corrected chi connectivity index (χ1v) is 6.61. The molecule has 2 rings (SSSR count). The molecular formula is C12H17BrN4. The second kappa shape index (κ2) is 5.14. The molecule has 0 atom stereocenters. The number of likely N-dealkylation sites (N-methyl/N-ethyl adjacent to an activating group) is 1. The smallest absolute Gasteiger partial charge is 0.155 e. The van der Waals surface area contributed by atoms with Gasteiger partial charge in [0, 0.05) is 13.0 Å². The van der Waals surface area contributed by atoms with Gasteiger partial charge in [0.1, 0.15) is 4.60 Å². The third kappa shape index (κ3) is 2.50. The van der Waals surface area contributed by atoms with Gasteiger partial charge in [-0.2, -0.15) is 5.10 Å². The normalized spacial score (nSPS) is 11.6. The molecule has 0 bridgehead atoms. The van der Waals surface area contributed by atoms with Crippen LogP contribution >= 0.6 is 15.9 Å². The monoisotopic (exact) mass is 296 g/mol. The Morgan fingerprint density at radius 1 is 1.41 bits per heavy atom. The molecule has 2 aromatic rings.